The van der Waals surface area contributed by atoms with E-state index in [0.717, 1.165) is 39.5 Å². The molecule has 0 fully saturated rings. The second-order valence-corrected chi connectivity index (χ2v) is 8.95. The first-order valence-corrected chi connectivity index (χ1v) is 11.0. The van der Waals surface area contributed by atoms with Gasteiger partial charge in [0.25, 0.3) is 0 Å². The van der Waals surface area contributed by atoms with Crippen molar-refractivity contribution in [2.75, 3.05) is 0 Å². The van der Waals surface area contributed by atoms with Crippen molar-refractivity contribution in [2.45, 2.75) is 39.9 Å². The van der Waals surface area contributed by atoms with Gasteiger partial charge in [-0.3, -0.25) is 4.79 Å². The minimum absolute atomic E-state index is 0.0215. The average Bonchev–Trinajstić information content (AvgIpc) is 3.32. The van der Waals surface area contributed by atoms with Gasteiger partial charge in [-0.15, -0.1) is 0 Å². The van der Waals surface area contributed by atoms with Gasteiger partial charge in [-0.2, -0.15) is 0 Å². The van der Waals surface area contributed by atoms with Gasteiger partial charge in [0, 0.05) is 17.5 Å². The molecule has 0 bridgehead atoms. The van der Waals surface area contributed by atoms with Crippen molar-refractivity contribution >= 4 is 22.8 Å². The zero-order valence-corrected chi connectivity index (χ0v) is 19.3. The standard InChI is InChI=1S/C28H26N2O3/c1-18-8-10-21(11-9-18)26-25(27(31)28(3,4)33-26)20-12-14-23(15-13-20)32-17-22-16-30-19(2)6-5-7-24(30)29-22/h5-16H,17H2,1-4H3. The van der Waals surface area contributed by atoms with E-state index in [1.54, 1.807) is 0 Å². The van der Waals surface area contributed by atoms with Gasteiger partial charge in [-0.1, -0.05) is 48.0 Å². The van der Waals surface area contributed by atoms with Gasteiger partial charge in [-0.25, -0.2) is 4.98 Å². The Morgan fingerprint density at radius 2 is 1.64 bits per heavy atom. The fourth-order valence-electron chi connectivity index (χ4n) is 4.07. The van der Waals surface area contributed by atoms with Crippen LogP contribution < -0.4 is 4.74 Å². The Kier molecular flexibility index (Phi) is 5.05. The molecule has 5 nitrogen and oxygen atoms in total. The van der Waals surface area contributed by atoms with Crippen molar-refractivity contribution in [3.63, 3.8) is 0 Å². The van der Waals surface area contributed by atoms with Crippen molar-refractivity contribution in [3.8, 4) is 5.75 Å². The summed E-state index contributed by atoms with van der Waals surface area (Å²) in [6.45, 7) is 8.07. The summed E-state index contributed by atoms with van der Waals surface area (Å²) in [5.74, 6) is 1.32. The fourth-order valence-corrected chi connectivity index (χ4v) is 4.07. The van der Waals surface area contributed by atoms with Crippen molar-refractivity contribution < 1.29 is 14.3 Å². The van der Waals surface area contributed by atoms with E-state index in [9.17, 15) is 4.79 Å². The van der Waals surface area contributed by atoms with E-state index < -0.39 is 5.60 Å². The van der Waals surface area contributed by atoms with Crippen LogP contribution in [0.2, 0.25) is 0 Å². The van der Waals surface area contributed by atoms with Crippen molar-refractivity contribution in [3.05, 3.63) is 101 Å². The van der Waals surface area contributed by atoms with E-state index in [1.165, 1.54) is 0 Å². The molecule has 0 N–H and O–H groups in total. The number of imidazole rings is 1. The van der Waals surface area contributed by atoms with Gasteiger partial charge < -0.3 is 13.9 Å². The summed E-state index contributed by atoms with van der Waals surface area (Å²) in [5, 5.41) is 0. The summed E-state index contributed by atoms with van der Waals surface area (Å²) >= 11 is 0. The van der Waals surface area contributed by atoms with Crippen molar-refractivity contribution in [2.24, 2.45) is 0 Å². The molecule has 0 aliphatic carbocycles. The molecule has 166 valence electrons. The zero-order valence-electron chi connectivity index (χ0n) is 19.3. The first-order chi connectivity index (χ1) is 15.8. The van der Waals surface area contributed by atoms with Crippen LogP contribution >= 0.6 is 0 Å². The lowest BCUT2D eigenvalue weighted by Crippen LogP contribution is -2.29. The van der Waals surface area contributed by atoms with Crippen molar-refractivity contribution in [1.82, 2.24) is 9.38 Å². The summed E-state index contributed by atoms with van der Waals surface area (Å²) in [4.78, 5) is 17.8. The van der Waals surface area contributed by atoms with E-state index >= 15 is 0 Å². The molecular formula is C28H26N2O3. The molecule has 5 heteroatoms. The Labute approximate surface area is 193 Å². The third-order valence-electron chi connectivity index (χ3n) is 5.95. The lowest BCUT2D eigenvalue weighted by atomic mass is 9.92. The Balaban J connectivity index is 1.40. The summed E-state index contributed by atoms with van der Waals surface area (Å²) in [7, 11) is 0. The Hall–Kier alpha value is -3.86. The van der Waals surface area contributed by atoms with E-state index in [4.69, 9.17) is 9.47 Å². The maximum absolute atomic E-state index is 13.2. The molecule has 33 heavy (non-hydrogen) atoms. The van der Waals surface area contributed by atoms with Crippen LogP contribution in [0.3, 0.4) is 0 Å². The number of hydrogen-bond acceptors (Lipinski definition) is 4. The highest BCUT2D eigenvalue weighted by molar-refractivity contribution is 6.32. The van der Waals surface area contributed by atoms with Crippen LogP contribution in [-0.4, -0.2) is 20.8 Å². The predicted molar refractivity (Wildman–Crippen MR) is 129 cm³/mol. The van der Waals surface area contributed by atoms with E-state index in [-0.39, 0.29) is 5.78 Å². The number of nitrogens with zero attached hydrogens (tertiary/aromatic N) is 2. The number of ketones is 1. The third-order valence-corrected chi connectivity index (χ3v) is 5.95. The lowest BCUT2D eigenvalue weighted by molar-refractivity contribution is -0.125. The van der Waals surface area contributed by atoms with Crippen LogP contribution in [0.5, 0.6) is 5.75 Å². The molecule has 0 atom stereocenters. The van der Waals surface area contributed by atoms with Gasteiger partial charge in [0.05, 0.1) is 11.3 Å². The van der Waals surface area contributed by atoms with Crippen LogP contribution in [0.15, 0.2) is 72.9 Å². The average molecular weight is 439 g/mol. The number of carbonyl (C=O) groups excluding carboxylic acids is 1. The minimum atomic E-state index is -0.897. The fraction of sp³-hybridized carbons (Fsp3) is 0.214. The third kappa shape index (κ3) is 3.91. The molecule has 2 aromatic heterocycles. The first kappa shape index (κ1) is 21.0. The quantitative estimate of drug-likeness (QED) is 0.397. The Morgan fingerprint density at radius 3 is 2.33 bits per heavy atom. The molecule has 1 aliphatic rings. The molecule has 5 rings (SSSR count). The largest absolute Gasteiger partial charge is 0.487 e. The molecule has 1 aliphatic heterocycles. The maximum Gasteiger partial charge on any atom is 0.210 e. The zero-order chi connectivity index (χ0) is 23.2. The van der Waals surface area contributed by atoms with Crippen LogP contribution in [0.1, 0.15) is 41.9 Å². The molecule has 2 aromatic carbocycles. The van der Waals surface area contributed by atoms with Gasteiger partial charge in [0.2, 0.25) is 5.78 Å². The molecule has 0 amide bonds. The summed E-state index contributed by atoms with van der Waals surface area (Å²) in [6.07, 6.45) is 1.99. The Morgan fingerprint density at radius 1 is 0.939 bits per heavy atom. The number of pyridine rings is 1. The van der Waals surface area contributed by atoms with Crippen LogP contribution in [0.25, 0.3) is 17.0 Å². The topological polar surface area (TPSA) is 52.8 Å². The minimum Gasteiger partial charge on any atom is -0.487 e. The Bertz CT molecular complexity index is 1380. The number of aromatic nitrogens is 2. The number of benzene rings is 2. The number of carbonyl (C=O) groups is 1. The normalized spacial score (nSPS) is 15.2. The highest BCUT2D eigenvalue weighted by Gasteiger charge is 2.42. The summed E-state index contributed by atoms with van der Waals surface area (Å²) < 4.78 is 14.1. The number of ether oxygens (including phenoxy) is 2. The molecule has 0 radical (unpaired) electrons. The second-order valence-electron chi connectivity index (χ2n) is 8.95. The highest BCUT2D eigenvalue weighted by Crippen LogP contribution is 2.41. The monoisotopic (exact) mass is 438 g/mol. The van der Waals surface area contributed by atoms with Gasteiger partial charge in [0.1, 0.15) is 23.8 Å². The number of fused-ring (bicyclic) bond motifs is 1. The number of hydrogen-bond donors (Lipinski definition) is 0. The lowest BCUT2D eigenvalue weighted by Gasteiger charge is -2.17. The summed E-state index contributed by atoms with van der Waals surface area (Å²) in [6, 6.07) is 21.7. The second kappa shape index (κ2) is 7.93. The van der Waals surface area contributed by atoms with Crippen molar-refractivity contribution in [1.29, 1.82) is 0 Å². The predicted octanol–water partition coefficient (Wildman–Crippen LogP) is 5.78. The molecular weight excluding hydrogens is 412 g/mol. The van der Waals surface area contributed by atoms with Crippen LogP contribution in [-0.2, 0) is 16.1 Å². The molecule has 0 saturated heterocycles. The molecule has 0 unspecified atom stereocenters. The van der Waals surface area contributed by atoms with Crippen LogP contribution in [0, 0.1) is 13.8 Å². The van der Waals surface area contributed by atoms with E-state index in [2.05, 4.69) is 4.98 Å². The molecule has 3 heterocycles. The first-order valence-electron chi connectivity index (χ1n) is 11.0. The molecule has 4 aromatic rings. The maximum atomic E-state index is 13.2. The smallest absolute Gasteiger partial charge is 0.210 e. The summed E-state index contributed by atoms with van der Waals surface area (Å²) in [5.41, 5.74) is 5.47. The number of rotatable bonds is 5. The van der Waals surface area contributed by atoms with E-state index in [0.29, 0.717) is 17.9 Å². The SMILES string of the molecule is Cc1ccc(C2=C(c3ccc(OCc4cn5c(C)cccc5n4)cc3)C(=O)C(C)(C)O2)cc1. The number of Topliss-reactive ketones (excluding diaryl/α,β-unsaturated/α-hetero) is 1. The number of aryl methyl sites for hydroxylation is 2. The molecule has 0 spiro atoms. The van der Waals surface area contributed by atoms with Gasteiger partial charge in [-0.05, 0) is 57.5 Å². The highest BCUT2D eigenvalue weighted by atomic mass is 16.5. The van der Waals surface area contributed by atoms with E-state index in [1.807, 2.05) is 105 Å². The van der Waals surface area contributed by atoms with Gasteiger partial charge in [0.15, 0.2) is 5.60 Å². The molecule has 0 saturated carbocycles. The van der Waals surface area contributed by atoms with Crippen LogP contribution in [0.4, 0.5) is 0 Å². The van der Waals surface area contributed by atoms with Gasteiger partial charge >= 0.3 is 0 Å².